The first-order valence-electron chi connectivity index (χ1n) is 8.52. The van der Waals surface area contributed by atoms with Gasteiger partial charge in [0.2, 0.25) is 5.91 Å². The van der Waals surface area contributed by atoms with Crippen molar-refractivity contribution in [3.63, 3.8) is 0 Å². The van der Waals surface area contributed by atoms with Gasteiger partial charge in [-0.25, -0.2) is 0 Å². The molecule has 0 aromatic heterocycles. The average Bonchev–Trinajstić information content (AvgIpc) is 2.61. The van der Waals surface area contributed by atoms with E-state index in [0.29, 0.717) is 49.5 Å². The molecule has 1 saturated heterocycles. The third-order valence-electron chi connectivity index (χ3n) is 4.51. The number of nitrogens with zero attached hydrogens (tertiary/aromatic N) is 2. The summed E-state index contributed by atoms with van der Waals surface area (Å²) in [5.41, 5.74) is 0.617. The van der Waals surface area contributed by atoms with Gasteiger partial charge in [0.25, 0.3) is 0 Å². The molecule has 6 nitrogen and oxygen atoms in total. The number of piperazine rings is 1. The quantitative estimate of drug-likeness (QED) is 0.766. The Morgan fingerprint density at radius 2 is 1.71 bits per heavy atom. The number of carbonyl (C=O) groups excluding carboxylic acids is 2. The van der Waals surface area contributed by atoms with E-state index in [9.17, 15) is 9.59 Å². The van der Waals surface area contributed by atoms with Crippen molar-refractivity contribution in [2.45, 2.75) is 19.3 Å². The van der Waals surface area contributed by atoms with Crippen molar-refractivity contribution < 1.29 is 19.1 Å². The normalized spacial score (nSPS) is 17.6. The molecule has 1 aromatic carbocycles. The molecule has 0 bridgehead atoms. The average molecular weight is 332 g/mol. The lowest BCUT2D eigenvalue weighted by atomic mass is 10.0. The van der Waals surface area contributed by atoms with E-state index in [2.05, 4.69) is 11.9 Å². The first-order valence-corrected chi connectivity index (χ1v) is 8.52. The Hall–Kier alpha value is -2.08. The van der Waals surface area contributed by atoms with E-state index in [1.54, 1.807) is 18.2 Å². The molecule has 0 unspecified atom stereocenters. The minimum atomic E-state index is 0.0400. The molecule has 6 heteroatoms. The molecular weight excluding hydrogens is 308 g/mol. The Labute approximate surface area is 142 Å². The smallest absolute Gasteiger partial charge is 0.222 e. The highest BCUT2D eigenvalue weighted by molar-refractivity contribution is 5.96. The fraction of sp³-hybridized carbons (Fsp3) is 0.556. The Kier molecular flexibility index (Phi) is 5.35. The van der Waals surface area contributed by atoms with Gasteiger partial charge in [-0.3, -0.25) is 9.59 Å². The number of Topliss-reactive ketones (excluding diaryl/α,β-unsaturated/α-hetero) is 1. The second kappa shape index (κ2) is 7.66. The van der Waals surface area contributed by atoms with Gasteiger partial charge >= 0.3 is 0 Å². The van der Waals surface area contributed by atoms with Crippen LogP contribution in [0.25, 0.3) is 0 Å². The zero-order valence-corrected chi connectivity index (χ0v) is 14.1. The Morgan fingerprint density at radius 3 is 2.46 bits per heavy atom. The maximum atomic E-state index is 12.3. The maximum Gasteiger partial charge on any atom is 0.222 e. The van der Waals surface area contributed by atoms with Crippen LogP contribution < -0.4 is 9.47 Å². The van der Waals surface area contributed by atoms with Crippen LogP contribution in [0.3, 0.4) is 0 Å². The van der Waals surface area contributed by atoms with Gasteiger partial charge in [0.1, 0.15) is 13.2 Å². The van der Waals surface area contributed by atoms with Gasteiger partial charge < -0.3 is 19.3 Å². The van der Waals surface area contributed by atoms with Gasteiger partial charge in [-0.15, -0.1) is 0 Å². The molecule has 2 aliphatic heterocycles. The summed E-state index contributed by atoms with van der Waals surface area (Å²) in [5, 5.41) is 0. The predicted octanol–water partition coefficient (Wildman–Crippen LogP) is 1.58. The van der Waals surface area contributed by atoms with Crippen molar-refractivity contribution in [3.05, 3.63) is 23.8 Å². The van der Waals surface area contributed by atoms with Gasteiger partial charge in [-0.1, -0.05) is 0 Å². The number of amides is 1. The summed E-state index contributed by atoms with van der Waals surface area (Å²) < 4.78 is 11.0. The highest BCUT2D eigenvalue weighted by Gasteiger charge is 2.19. The van der Waals surface area contributed by atoms with E-state index >= 15 is 0 Å². The maximum absolute atomic E-state index is 12.3. The molecule has 2 heterocycles. The fourth-order valence-corrected chi connectivity index (χ4v) is 2.98. The Morgan fingerprint density at radius 1 is 1.00 bits per heavy atom. The number of benzene rings is 1. The third-order valence-corrected chi connectivity index (χ3v) is 4.51. The summed E-state index contributed by atoms with van der Waals surface area (Å²) in [7, 11) is 2.06. The molecule has 1 fully saturated rings. The molecule has 1 aromatic rings. The minimum absolute atomic E-state index is 0.0400. The zero-order chi connectivity index (χ0) is 16.9. The molecule has 0 radical (unpaired) electrons. The number of hydrogen-bond acceptors (Lipinski definition) is 5. The summed E-state index contributed by atoms with van der Waals surface area (Å²) in [4.78, 5) is 28.6. The molecule has 0 aliphatic carbocycles. The van der Waals surface area contributed by atoms with E-state index in [-0.39, 0.29) is 11.7 Å². The third kappa shape index (κ3) is 4.06. The van der Waals surface area contributed by atoms with Crippen LogP contribution in [0, 0.1) is 0 Å². The second-order valence-corrected chi connectivity index (χ2v) is 6.32. The van der Waals surface area contributed by atoms with Gasteiger partial charge in [0.15, 0.2) is 17.3 Å². The zero-order valence-electron chi connectivity index (χ0n) is 14.1. The Bertz CT molecular complexity index is 609. The van der Waals surface area contributed by atoms with Crippen LogP contribution in [0.5, 0.6) is 11.5 Å². The van der Waals surface area contributed by atoms with Crippen molar-refractivity contribution >= 4 is 11.7 Å². The molecule has 1 amide bonds. The molecule has 0 spiro atoms. The van der Waals surface area contributed by atoms with Crippen LogP contribution in [0.2, 0.25) is 0 Å². The summed E-state index contributed by atoms with van der Waals surface area (Å²) in [5.74, 6) is 1.50. The number of carbonyl (C=O) groups is 2. The van der Waals surface area contributed by atoms with E-state index in [1.165, 1.54) is 0 Å². The molecule has 0 N–H and O–H groups in total. The topological polar surface area (TPSA) is 59.1 Å². The van der Waals surface area contributed by atoms with E-state index in [0.717, 1.165) is 26.2 Å². The number of ether oxygens (including phenoxy) is 2. The highest BCUT2D eigenvalue weighted by Crippen LogP contribution is 2.31. The van der Waals surface area contributed by atoms with Crippen LogP contribution >= 0.6 is 0 Å². The number of likely N-dealkylation sites (N-methyl/N-ethyl adjacent to an activating group) is 1. The van der Waals surface area contributed by atoms with E-state index in [1.807, 2.05) is 4.90 Å². The van der Waals surface area contributed by atoms with Crippen LogP contribution in [-0.2, 0) is 4.79 Å². The number of fused-ring (bicyclic) bond motifs is 1. The predicted molar refractivity (Wildman–Crippen MR) is 89.7 cm³/mol. The van der Waals surface area contributed by atoms with Gasteiger partial charge in [-0.2, -0.15) is 0 Å². The summed E-state index contributed by atoms with van der Waals surface area (Å²) >= 11 is 0. The van der Waals surface area contributed by atoms with Crippen LogP contribution in [0.1, 0.15) is 29.6 Å². The van der Waals surface area contributed by atoms with Crippen molar-refractivity contribution in [1.82, 2.24) is 9.80 Å². The van der Waals surface area contributed by atoms with Crippen molar-refractivity contribution in [3.8, 4) is 11.5 Å². The molecule has 0 saturated carbocycles. The number of rotatable bonds is 5. The van der Waals surface area contributed by atoms with Crippen molar-refractivity contribution in [2.24, 2.45) is 0 Å². The second-order valence-electron chi connectivity index (χ2n) is 6.32. The molecule has 3 rings (SSSR count). The monoisotopic (exact) mass is 332 g/mol. The van der Waals surface area contributed by atoms with E-state index in [4.69, 9.17) is 9.47 Å². The standard InChI is InChI=1S/C18H24N2O4/c1-19-7-9-20(10-8-19)18(22)4-2-3-15(21)14-5-6-16-17(13-14)24-12-11-23-16/h5-6,13H,2-4,7-12H2,1H3. The number of ketones is 1. The Balaban J connectivity index is 1.46. The summed E-state index contributed by atoms with van der Waals surface area (Å²) in [6.07, 6.45) is 1.39. The molecule has 2 aliphatic rings. The highest BCUT2D eigenvalue weighted by atomic mass is 16.6. The number of hydrogen-bond donors (Lipinski definition) is 0. The van der Waals surface area contributed by atoms with Crippen molar-refractivity contribution in [2.75, 3.05) is 46.4 Å². The van der Waals surface area contributed by atoms with Gasteiger partial charge in [0, 0.05) is 44.6 Å². The first-order chi connectivity index (χ1) is 11.6. The van der Waals surface area contributed by atoms with Crippen LogP contribution in [0.4, 0.5) is 0 Å². The lowest BCUT2D eigenvalue weighted by Gasteiger charge is -2.32. The minimum Gasteiger partial charge on any atom is -0.486 e. The largest absolute Gasteiger partial charge is 0.486 e. The lowest BCUT2D eigenvalue weighted by Crippen LogP contribution is -2.47. The SMILES string of the molecule is CN1CCN(C(=O)CCCC(=O)c2ccc3c(c2)OCCO3)CC1. The fourth-order valence-electron chi connectivity index (χ4n) is 2.98. The van der Waals surface area contributed by atoms with Gasteiger partial charge in [0.05, 0.1) is 0 Å². The summed E-state index contributed by atoms with van der Waals surface area (Å²) in [6, 6.07) is 5.27. The van der Waals surface area contributed by atoms with Crippen LogP contribution in [-0.4, -0.2) is 67.9 Å². The van der Waals surface area contributed by atoms with E-state index < -0.39 is 0 Å². The molecular formula is C18H24N2O4. The first kappa shape index (κ1) is 16.8. The lowest BCUT2D eigenvalue weighted by molar-refractivity contribution is -0.132. The molecule has 24 heavy (non-hydrogen) atoms. The van der Waals surface area contributed by atoms with Crippen LogP contribution in [0.15, 0.2) is 18.2 Å². The summed E-state index contributed by atoms with van der Waals surface area (Å²) in [6.45, 7) is 4.44. The van der Waals surface area contributed by atoms with Gasteiger partial charge in [-0.05, 0) is 31.7 Å². The van der Waals surface area contributed by atoms with Crippen molar-refractivity contribution in [1.29, 1.82) is 0 Å². The molecule has 130 valence electrons. The molecule has 0 atom stereocenters.